The van der Waals surface area contributed by atoms with Crippen LogP contribution in [0.2, 0.25) is 0 Å². The molecular weight excluding hydrogens is 342 g/mol. The van der Waals surface area contributed by atoms with Gasteiger partial charge in [-0.2, -0.15) is 0 Å². The monoisotopic (exact) mass is 369 g/mol. The van der Waals surface area contributed by atoms with E-state index in [9.17, 15) is 9.59 Å². The van der Waals surface area contributed by atoms with E-state index in [0.29, 0.717) is 19.5 Å². The van der Waals surface area contributed by atoms with Crippen LogP contribution in [-0.4, -0.2) is 28.4 Å². The van der Waals surface area contributed by atoms with Gasteiger partial charge in [0.2, 0.25) is 11.8 Å². The van der Waals surface area contributed by atoms with Gasteiger partial charge in [0.05, 0.1) is 12.1 Å². The average molecular weight is 369 g/mol. The van der Waals surface area contributed by atoms with Crippen molar-refractivity contribution in [1.29, 1.82) is 0 Å². The maximum atomic E-state index is 12.5. The number of nitrogens with zero attached hydrogens (tertiary/aromatic N) is 2. The topological polar surface area (TPSA) is 75.4 Å². The van der Waals surface area contributed by atoms with Crippen LogP contribution in [0.4, 0.5) is 0 Å². The summed E-state index contributed by atoms with van der Waals surface area (Å²) in [5.74, 6) is 0.949. The molecule has 2 heterocycles. The molecule has 2 aromatic rings. The first kappa shape index (κ1) is 19.1. The molecule has 0 saturated carbocycles. The largest absolute Gasteiger partial charge is 0.361 e. The number of likely N-dealkylation sites (tertiary alicyclic amines) is 1. The molecular formula is C21H27N3O3. The van der Waals surface area contributed by atoms with Crippen LogP contribution in [-0.2, 0) is 41.9 Å². The lowest BCUT2D eigenvalue weighted by Crippen LogP contribution is -2.27. The molecule has 2 amide bonds. The molecule has 0 radical (unpaired) electrons. The second-order valence-electron chi connectivity index (χ2n) is 6.88. The highest BCUT2D eigenvalue weighted by molar-refractivity contribution is 5.79. The zero-order valence-corrected chi connectivity index (χ0v) is 16.1. The minimum Gasteiger partial charge on any atom is -0.361 e. The third-order valence-corrected chi connectivity index (χ3v) is 5.07. The molecule has 0 bridgehead atoms. The number of hydrogen-bond acceptors (Lipinski definition) is 4. The van der Waals surface area contributed by atoms with Gasteiger partial charge in [-0.25, -0.2) is 0 Å². The maximum Gasteiger partial charge on any atom is 0.224 e. The molecule has 27 heavy (non-hydrogen) atoms. The van der Waals surface area contributed by atoms with Crippen LogP contribution in [0.3, 0.4) is 0 Å². The summed E-state index contributed by atoms with van der Waals surface area (Å²) in [7, 11) is 0. The van der Waals surface area contributed by atoms with Crippen LogP contribution in [0.15, 0.2) is 28.8 Å². The predicted molar refractivity (Wildman–Crippen MR) is 102 cm³/mol. The van der Waals surface area contributed by atoms with Gasteiger partial charge < -0.3 is 14.7 Å². The first-order valence-electron chi connectivity index (χ1n) is 9.69. The van der Waals surface area contributed by atoms with Crippen molar-refractivity contribution < 1.29 is 14.1 Å². The Balaban J connectivity index is 1.62. The summed E-state index contributed by atoms with van der Waals surface area (Å²) in [5.41, 5.74) is 3.90. The molecule has 144 valence electrons. The number of amides is 2. The molecule has 1 N–H and O–H groups in total. The number of benzene rings is 1. The molecule has 1 aliphatic rings. The van der Waals surface area contributed by atoms with Crippen LogP contribution in [0.5, 0.6) is 0 Å². The van der Waals surface area contributed by atoms with E-state index in [2.05, 4.69) is 10.5 Å². The molecule has 1 fully saturated rings. The van der Waals surface area contributed by atoms with Gasteiger partial charge in [0.1, 0.15) is 5.76 Å². The van der Waals surface area contributed by atoms with Gasteiger partial charge in [-0.15, -0.1) is 0 Å². The van der Waals surface area contributed by atoms with Crippen LogP contribution < -0.4 is 5.32 Å². The quantitative estimate of drug-likeness (QED) is 0.776. The zero-order valence-electron chi connectivity index (χ0n) is 16.1. The van der Waals surface area contributed by atoms with Crippen molar-refractivity contribution in [3.63, 3.8) is 0 Å². The molecule has 1 saturated heterocycles. The van der Waals surface area contributed by atoms with Crippen molar-refractivity contribution in [1.82, 2.24) is 15.4 Å². The van der Waals surface area contributed by atoms with E-state index in [-0.39, 0.29) is 18.2 Å². The standard InChI is InChI=1S/C21H27N3O3/c1-3-18-17(19(4-2)27-23-18)12-20(25)22-13-15-8-5-6-9-16(15)14-24-11-7-10-21(24)26/h5-6,8-9H,3-4,7,10-14H2,1-2H3,(H,22,25). The Morgan fingerprint density at radius 2 is 2.00 bits per heavy atom. The van der Waals surface area contributed by atoms with Crippen molar-refractivity contribution in [2.45, 2.75) is 59.0 Å². The normalized spacial score (nSPS) is 14.0. The van der Waals surface area contributed by atoms with Gasteiger partial charge in [-0.05, 0) is 24.0 Å². The highest BCUT2D eigenvalue weighted by atomic mass is 16.5. The van der Waals surface area contributed by atoms with Gasteiger partial charge in [0.15, 0.2) is 0 Å². The fourth-order valence-electron chi connectivity index (χ4n) is 3.52. The van der Waals surface area contributed by atoms with E-state index >= 15 is 0 Å². The van der Waals surface area contributed by atoms with E-state index < -0.39 is 0 Å². The van der Waals surface area contributed by atoms with E-state index in [1.54, 1.807) is 0 Å². The number of carbonyl (C=O) groups excluding carboxylic acids is 2. The summed E-state index contributed by atoms with van der Waals surface area (Å²) in [6, 6.07) is 7.96. The lowest BCUT2D eigenvalue weighted by Gasteiger charge is -2.18. The molecule has 3 rings (SSSR count). The summed E-state index contributed by atoms with van der Waals surface area (Å²) < 4.78 is 5.34. The summed E-state index contributed by atoms with van der Waals surface area (Å²) >= 11 is 0. The molecule has 1 aromatic heterocycles. The van der Waals surface area contributed by atoms with Crippen molar-refractivity contribution >= 4 is 11.8 Å². The minimum atomic E-state index is -0.0466. The Bertz CT molecular complexity index is 791. The van der Waals surface area contributed by atoms with E-state index in [4.69, 9.17) is 4.52 Å². The SMILES string of the molecule is CCc1noc(CC)c1CC(=O)NCc1ccccc1CN1CCCC1=O. The Labute approximate surface area is 159 Å². The number of aromatic nitrogens is 1. The number of hydrogen-bond donors (Lipinski definition) is 1. The van der Waals surface area contributed by atoms with E-state index in [1.165, 1.54) is 0 Å². The van der Waals surface area contributed by atoms with Crippen molar-refractivity contribution in [3.8, 4) is 0 Å². The summed E-state index contributed by atoms with van der Waals surface area (Å²) in [5, 5.41) is 7.07. The van der Waals surface area contributed by atoms with Gasteiger partial charge in [-0.1, -0.05) is 43.3 Å². The highest BCUT2D eigenvalue weighted by Crippen LogP contribution is 2.18. The summed E-state index contributed by atoms with van der Waals surface area (Å²) in [4.78, 5) is 26.3. The van der Waals surface area contributed by atoms with Gasteiger partial charge in [0, 0.05) is 38.0 Å². The Hall–Kier alpha value is -2.63. The third kappa shape index (κ3) is 4.56. The molecule has 0 unspecified atom stereocenters. The predicted octanol–water partition coefficient (Wildman–Crippen LogP) is 2.78. The molecule has 0 spiro atoms. The lowest BCUT2D eigenvalue weighted by molar-refractivity contribution is -0.128. The number of rotatable bonds is 8. The Morgan fingerprint density at radius 1 is 1.22 bits per heavy atom. The fourth-order valence-corrected chi connectivity index (χ4v) is 3.52. The lowest BCUT2D eigenvalue weighted by atomic mass is 10.1. The van der Waals surface area contributed by atoms with Crippen molar-refractivity contribution in [2.75, 3.05) is 6.54 Å². The minimum absolute atomic E-state index is 0.0466. The molecule has 1 aliphatic heterocycles. The van der Waals surface area contributed by atoms with Crippen LogP contribution in [0, 0.1) is 0 Å². The molecule has 0 atom stereocenters. The summed E-state index contributed by atoms with van der Waals surface area (Å²) in [6.45, 7) is 5.88. The number of carbonyl (C=O) groups is 2. The molecule has 6 nitrogen and oxygen atoms in total. The van der Waals surface area contributed by atoms with Gasteiger partial charge in [-0.3, -0.25) is 9.59 Å². The second-order valence-corrected chi connectivity index (χ2v) is 6.88. The first-order valence-corrected chi connectivity index (χ1v) is 9.69. The maximum absolute atomic E-state index is 12.5. The summed E-state index contributed by atoms with van der Waals surface area (Å²) in [6.07, 6.45) is 3.32. The average Bonchev–Trinajstić information content (AvgIpc) is 3.26. The van der Waals surface area contributed by atoms with Crippen molar-refractivity contribution in [3.05, 3.63) is 52.4 Å². The number of nitrogens with one attached hydrogen (secondary N) is 1. The van der Waals surface area contributed by atoms with Crippen LogP contribution in [0.25, 0.3) is 0 Å². The van der Waals surface area contributed by atoms with Gasteiger partial charge in [0.25, 0.3) is 0 Å². The first-order chi connectivity index (χ1) is 13.1. The Kier molecular flexibility index (Phi) is 6.27. The third-order valence-electron chi connectivity index (χ3n) is 5.07. The number of aryl methyl sites for hydroxylation is 2. The zero-order chi connectivity index (χ0) is 19.2. The fraction of sp³-hybridized carbons (Fsp3) is 0.476. The molecule has 6 heteroatoms. The van der Waals surface area contributed by atoms with Crippen LogP contribution in [0.1, 0.15) is 54.8 Å². The molecule has 0 aliphatic carbocycles. The Morgan fingerprint density at radius 3 is 2.67 bits per heavy atom. The molecule has 1 aromatic carbocycles. The second kappa shape index (κ2) is 8.84. The van der Waals surface area contributed by atoms with Crippen LogP contribution >= 0.6 is 0 Å². The smallest absolute Gasteiger partial charge is 0.224 e. The van der Waals surface area contributed by atoms with E-state index in [0.717, 1.165) is 54.0 Å². The van der Waals surface area contributed by atoms with Crippen molar-refractivity contribution in [2.24, 2.45) is 0 Å². The highest BCUT2D eigenvalue weighted by Gasteiger charge is 2.21. The van der Waals surface area contributed by atoms with Gasteiger partial charge >= 0.3 is 0 Å². The van der Waals surface area contributed by atoms with E-state index in [1.807, 2.05) is 43.0 Å².